The first-order valence-electron chi connectivity index (χ1n) is 5.56. The van der Waals surface area contributed by atoms with Crippen LogP contribution in [0.2, 0.25) is 0 Å². The van der Waals surface area contributed by atoms with Crippen molar-refractivity contribution in [1.29, 1.82) is 0 Å². The van der Waals surface area contributed by atoms with E-state index in [-0.39, 0.29) is 19.0 Å². The molecule has 7 heteroatoms. The van der Waals surface area contributed by atoms with Gasteiger partial charge in [0, 0.05) is 18.0 Å². The average Bonchev–Trinajstić information content (AvgIpc) is 2.96. The Morgan fingerprint density at radius 2 is 2.37 bits per heavy atom. The van der Waals surface area contributed by atoms with Crippen molar-refractivity contribution in [3.8, 4) is 11.8 Å². The highest BCUT2D eigenvalue weighted by molar-refractivity contribution is 5.94. The molecule has 2 aromatic heterocycles. The van der Waals surface area contributed by atoms with Crippen molar-refractivity contribution in [3.63, 3.8) is 0 Å². The van der Waals surface area contributed by atoms with E-state index in [4.69, 9.17) is 5.73 Å². The number of nitrogens with one attached hydrogen (secondary N) is 2. The number of hydrogen-bond acceptors (Lipinski definition) is 5. The topological polar surface area (TPSA) is 110 Å². The number of amides is 1. The standard InChI is InChI=1S/C12H12N6O/c13-3-1-2-9-4-10(6-14-5-9)12(19)15-7-11-16-8-17-18-11/h4-6,8H,3,7,13H2,(H,15,19)(H,16,17,18). The number of aromatic amines is 1. The van der Waals surface area contributed by atoms with E-state index in [2.05, 4.69) is 37.3 Å². The van der Waals surface area contributed by atoms with E-state index in [1.807, 2.05) is 0 Å². The Labute approximate surface area is 109 Å². The predicted octanol–water partition coefficient (Wildman–Crippen LogP) is -0.560. The lowest BCUT2D eigenvalue weighted by Crippen LogP contribution is -2.23. The molecule has 2 heterocycles. The minimum absolute atomic E-state index is 0.250. The van der Waals surface area contributed by atoms with Crippen LogP contribution in [-0.4, -0.2) is 32.6 Å². The largest absolute Gasteiger partial charge is 0.345 e. The molecule has 0 unspecified atom stereocenters. The number of aromatic nitrogens is 4. The molecule has 0 bridgehead atoms. The Balaban J connectivity index is 2.02. The number of carbonyl (C=O) groups excluding carboxylic acids is 1. The summed E-state index contributed by atoms with van der Waals surface area (Å²) in [7, 11) is 0. The molecule has 96 valence electrons. The summed E-state index contributed by atoms with van der Waals surface area (Å²) in [5.41, 5.74) is 6.37. The van der Waals surface area contributed by atoms with Crippen molar-refractivity contribution in [3.05, 3.63) is 41.7 Å². The summed E-state index contributed by atoms with van der Waals surface area (Å²) in [6.07, 6.45) is 4.44. The van der Waals surface area contributed by atoms with Gasteiger partial charge in [-0.3, -0.25) is 14.9 Å². The molecule has 0 aliphatic carbocycles. The predicted molar refractivity (Wildman–Crippen MR) is 67.7 cm³/mol. The lowest BCUT2D eigenvalue weighted by molar-refractivity contribution is 0.0949. The smallest absolute Gasteiger partial charge is 0.253 e. The van der Waals surface area contributed by atoms with E-state index in [0.29, 0.717) is 17.0 Å². The lowest BCUT2D eigenvalue weighted by Gasteiger charge is -2.02. The molecule has 1 amide bonds. The highest BCUT2D eigenvalue weighted by atomic mass is 16.1. The van der Waals surface area contributed by atoms with Crippen molar-refractivity contribution >= 4 is 5.91 Å². The Bertz CT molecular complexity index is 611. The van der Waals surface area contributed by atoms with Gasteiger partial charge >= 0.3 is 0 Å². The molecule has 0 spiro atoms. The quantitative estimate of drug-likeness (QED) is 0.638. The SMILES string of the molecule is NCC#Cc1cncc(C(=O)NCc2ncn[nH]2)c1. The fraction of sp³-hybridized carbons (Fsp3) is 0.167. The second-order valence-electron chi connectivity index (χ2n) is 3.58. The van der Waals surface area contributed by atoms with Gasteiger partial charge in [0.1, 0.15) is 12.2 Å². The van der Waals surface area contributed by atoms with Crippen molar-refractivity contribution in [1.82, 2.24) is 25.5 Å². The molecule has 0 aliphatic heterocycles. The molecule has 2 rings (SSSR count). The molecule has 19 heavy (non-hydrogen) atoms. The van der Waals surface area contributed by atoms with Crippen LogP contribution in [0.15, 0.2) is 24.8 Å². The van der Waals surface area contributed by atoms with E-state index < -0.39 is 0 Å². The summed E-state index contributed by atoms with van der Waals surface area (Å²) in [5, 5.41) is 9.05. The summed E-state index contributed by atoms with van der Waals surface area (Å²) < 4.78 is 0. The third kappa shape index (κ3) is 3.62. The lowest BCUT2D eigenvalue weighted by atomic mass is 10.2. The molecule has 0 aromatic carbocycles. The minimum atomic E-state index is -0.250. The van der Waals surface area contributed by atoms with Gasteiger partial charge in [-0.15, -0.1) is 0 Å². The third-order valence-electron chi connectivity index (χ3n) is 2.22. The summed E-state index contributed by atoms with van der Waals surface area (Å²) in [5.74, 6) is 5.87. The average molecular weight is 256 g/mol. The maximum Gasteiger partial charge on any atom is 0.253 e. The molecule has 0 radical (unpaired) electrons. The molecular weight excluding hydrogens is 244 g/mol. The zero-order chi connectivity index (χ0) is 13.5. The number of nitrogens with two attached hydrogens (primary N) is 1. The molecular formula is C12H12N6O. The first kappa shape index (κ1) is 12.7. The van der Waals surface area contributed by atoms with Gasteiger partial charge in [0.05, 0.1) is 18.7 Å². The Hall–Kier alpha value is -2.72. The van der Waals surface area contributed by atoms with Gasteiger partial charge in [0.25, 0.3) is 5.91 Å². The van der Waals surface area contributed by atoms with Gasteiger partial charge < -0.3 is 11.1 Å². The summed E-state index contributed by atoms with van der Waals surface area (Å²) in [6.45, 7) is 0.541. The highest BCUT2D eigenvalue weighted by Gasteiger charge is 2.06. The van der Waals surface area contributed by atoms with E-state index in [1.165, 1.54) is 12.5 Å². The Morgan fingerprint density at radius 3 is 3.11 bits per heavy atom. The van der Waals surface area contributed by atoms with Crippen LogP contribution in [0.5, 0.6) is 0 Å². The van der Waals surface area contributed by atoms with Gasteiger partial charge in [-0.05, 0) is 6.07 Å². The first-order valence-corrected chi connectivity index (χ1v) is 5.56. The maximum atomic E-state index is 11.9. The fourth-order valence-corrected chi connectivity index (χ4v) is 1.37. The molecule has 7 nitrogen and oxygen atoms in total. The number of nitrogens with zero attached hydrogens (tertiary/aromatic N) is 3. The first-order chi connectivity index (χ1) is 9.29. The number of hydrogen-bond donors (Lipinski definition) is 3. The minimum Gasteiger partial charge on any atom is -0.345 e. The third-order valence-corrected chi connectivity index (χ3v) is 2.22. The van der Waals surface area contributed by atoms with Gasteiger partial charge in [-0.25, -0.2) is 4.98 Å². The maximum absolute atomic E-state index is 11.9. The van der Waals surface area contributed by atoms with Crippen LogP contribution in [-0.2, 0) is 6.54 Å². The van der Waals surface area contributed by atoms with Crippen LogP contribution in [0.3, 0.4) is 0 Å². The number of pyridine rings is 1. The van der Waals surface area contributed by atoms with Gasteiger partial charge in [0.2, 0.25) is 0 Å². The van der Waals surface area contributed by atoms with Crippen LogP contribution in [0.1, 0.15) is 21.7 Å². The van der Waals surface area contributed by atoms with E-state index in [9.17, 15) is 4.79 Å². The fourth-order valence-electron chi connectivity index (χ4n) is 1.37. The van der Waals surface area contributed by atoms with Crippen molar-refractivity contribution in [2.45, 2.75) is 6.54 Å². The van der Waals surface area contributed by atoms with E-state index in [1.54, 1.807) is 12.3 Å². The zero-order valence-electron chi connectivity index (χ0n) is 10.1. The van der Waals surface area contributed by atoms with Crippen LogP contribution >= 0.6 is 0 Å². The molecule has 4 N–H and O–H groups in total. The summed E-state index contributed by atoms with van der Waals surface area (Å²) >= 11 is 0. The second-order valence-corrected chi connectivity index (χ2v) is 3.58. The summed E-state index contributed by atoms with van der Waals surface area (Å²) in [4.78, 5) is 19.8. The molecule has 2 aromatic rings. The molecule has 0 aliphatic rings. The highest BCUT2D eigenvalue weighted by Crippen LogP contribution is 2.01. The van der Waals surface area contributed by atoms with Crippen LogP contribution in [0.25, 0.3) is 0 Å². The van der Waals surface area contributed by atoms with Gasteiger partial charge in [-0.1, -0.05) is 11.8 Å². The molecule has 0 saturated carbocycles. The van der Waals surface area contributed by atoms with Crippen molar-refractivity contribution < 1.29 is 4.79 Å². The Kier molecular flexibility index (Phi) is 4.21. The van der Waals surface area contributed by atoms with E-state index >= 15 is 0 Å². The molecule has 0 fully saturated rings. The Morgan fingerprint density at radius 1 is 1.47 bits per heavy atom. The van der Waals surface area contributed by atoms with Gasteiger partial charge in [0.15, 0.2) is 0 Å². The normalized spacial score (nSPS) is 9.53. The number of H-pyrrole nitrogens is 1. The number of rotatable bonds is 3. The molecule has 0 atom stereocenters. The summed E-state index contributed by atoms with van der Waals surface area (Å²) in [6, 6.07) is 1.66. The van der Waals surface area contributed by atoms with E-state index in [0.717, 1.165) is 0 Å². The van der Waals surface area contributed by atoms with Gasteiger partial charge in [-0.2, -0.15) is 5.10 Å². The van der Waals surface area contributed by atoms with Crippen LogP contribution in [0.4, 0.5) is 0 Å². The van der Waals surface area contributed by atoms with Crippen LogP contribution < -0.4 is 11.1 Å². The van der Waals surface area contributed by atoms with Crippen LogP contribution in [0, 0.1) is 11.8 Å². The molecule has 0 saturated heterocycles. The number of carbonyl (C=O) groups is 1. The second kappa shape index (κ2) is 6.28. The monoisotopic (exact) mass is 256 g/mol. The zero-order valence-corrected chi connectivity index (χ0v) is 10.1. The van der Waals surface area contributed by atoms with Crippen molar-refractivity contribution in [2.75, 3.05) is 6.54 Å². The van der Waals surface area contributed by atoms with Crippen molar-refractivity contribution in [2.24, 2.45) is 5.73 Å².